The van der Waals surface area contributed by atoms with E-state index in [1.54, 1.807) is 50.2 Å². The fourth-order valence-electron chi connectivity index (χ4n) is 3.10. The van der Waals surface area contributed by atoms with Crippen molar-refractivity contribution in [2.45, 2.75) is 38.5 Å². The van der Waals surface area contributed by atoms with E-state index >= 15 is 0 Å². The average Bonchev–Trinajstić information content (AvgIpc) is 3.13. The van der Waals surface area contributed by atoms with Crippen LogP contribution in [-0.2, 0) is 11.3 Å². The van der Waals surface area contributed by atoms with Crippen molar-refractivity contribution >= 4 is 21.9 Å². The highest BCUT2D eigenvalue weighted by Gasteiger charge is 2.32. The number of nitrogens with zero attached hydrogens (tertiary/aromatic N) is 3. The fourth-order valence-corrected chi connectivity index (χ4v) is 3.43. The van der Waals surface area contributed by atoms with Crippen molar-refractivity contribution in [2.24, 2.45) is 5.73 Å². The van der Waals surface area contributed by atoms with Crippen LogP contribution in [0.5, 0.6) is 0 Å². The summed E-state index contributed by atoms with van der Waals surface area (Å²) in [6, 6.07) is 11.9. The normalized spacial score (nSPS) is 13.1. The third kappa shape index (κ3) is 5.82. The summed E-state index contributed by atoms with van der Waals surface area (Å²) in [6.45, 7) is 3.06. The number of hydrogen-bond donors (Lipinski definition) is 1. The van der Waals surface area contributed by atoms with Crippen LogP contribution >= 0.6 is 15.9 Å². The van der Waals surface area contributed by atoms with E-state index in [0.717, 1.165) is 15.6 Å². The number of ether oxygens (including phenoxy) is 1. The third-order valence-corrected chi connectivity index (χ3v) is 5.64. The molecule has 10 heteroatoms. The Morgan fingerprint density at radius 1 is 1.27 bits per heavy atom. The molecule has 0 saturated heterocycles. The van der Waals surface area contributed by atoms with Crippen molar-refractivity contribution in [1.82, 2.24) is 14.3 Å². The van der Waals surface area contributed by atoms with Gasteiger partial charge in [-0.1, -0.05) is 34.1 Å². The molecule has 0 radical (unpaired) electrons. The van der Waals surface area contributed by atoms with Gasteiger partial charge >= 0.3 is 11.7 Å². The van der Waals surface area contributed by atoms with Gasteiger partial charge in [-0.15, -0.1) is 0 Å². The molecule has 1 atom stereocenters. The molecule has 2 N–H and O–H groups in total. The first-order valence-electron chi connectivity index (χ1n) is 10.0. The number of carbonyl (C=O) groups excluding carboxylic acids is 1. The van der Waals surface area contributed by atoms with Crippen LogP contribution in [-0.4, -0.2) is 32.0 Å². The molecule has 7 nitrogen and oxygen atoms in total. The number of hydrogen-bond acceptors (Lipinski definition) is 5. The molecule has 0 spiro atoms. The number of aromatic nitrogens is 3. The van der Waals surface area contributed by atoms with Gasteiger partial charge in [0.25, 0.3) is 0 Å². The molecule has 3 rings (SSSR count). The van der Waals surface area contributed by atoms with Gasteiger partial charge in [0.05, 0.1) is 24.1 Å². The summed E-state index contributed by atoms with van der Waals surface area (Å²) in [5, 5.41) is 3.96. The monoisotopic (exact) mass is 520 g/mol. The van der Waals surface area contributed by atoms with Gasteiger partial charge in [-0.3, -0.25) is 0 Å². The number of nitrogens with two attached hydrogens (primary N) is 1. The van der Waals surface area contributed by atoms with Crippen molar-refractivity contribution in [3.63, 3.8) is 0 Å². The summed E-state index contributed by atoms with van der Waals surface area (Å²) in [5.74, 6) is -1.16. The highest BCUT2D eigenvalue weighted by atomic mass is 79.9. The minimum Gasteiger partial charge on any atom is -0.454 e. The lowest BCUT2D eigenvalue weighted by Crippen LogP contribution is -2.47. The van der Waals surface area contributed by atoms with Crippen LogP contribution in [0.3, 0.4) is 0 Å². The van der Waals surface area contributed by atoms with E-state index in [2.05, 4.69) is 21.0 Å². The Bertz CT molecular complexity index is 1220. The number of esters is 1. The molecule has 0 aliphatic rings. The number of halogens is 3. The maximum Gasteiger partial charge on any atom is 0.350 e. The Hall–Kier alpha value is -3.11. The summed E-state index contributed by atoms with van der Waals surface area (Å²) in [5.41, 5.74) is 5.02. The minimum absolute atomic E-state index is 0.00247. The lowest BCUT2D eigenvalue weighted by Gasteiger charge is -2.32. The standard InChI is InChI=1S/C23H23BrF2N4O3/c1-23(2,33-21(31)16-6-4-3-5-7-16)20(27)10-15(12-25)13-30-22(32)29(14-28-30)19-9-8-17(24)11-18(19)26/h3-9,11-12,14,20H,10,13,27H2,1-2H3/b15-12+. The smallest absolute Gasteiger partial charge is 0.350 e. The second-order valence-corrected chi connectivity index (χ2v) is 8.89. The van der Waals surface area contributed by atoms with E-state index in [-0.39, 0.29) is 24.2 Å². The Kier molecular flexibility index (Phi) is 7.60. The fraction of sp³-hybridized carbons (Fsp3) is 0.261. The summed E-state index contributed by atoms with van der Waals surface area (Å²) in [4.78, 5) is 25.1. The molecule has 0 aliphatic carbocycles. The second-order valence-electron chi connectivity index (χ2n) is 7.97. The number of benzene rings is 2. The lowest BCUT2D eigenvalue weighted by molar-refractivity contribution is -0.0126. The van der Waals surface area contributed by atoms with Gasteiger partial charge in [0, 0.05) is 10.5 Å². The van der Waals surface area contributed by atoms with Gasteiger partial charge < -0.3 is 10.5 Å². The zero-order valence-electron chi connectivity index (χ0n) is 18.0. The number of carbonyl (C=O) groups is 1. The van der Waals surface area contributed by atoms with Crippen LogP contribution in [0.2, 0.25) is 0 Å². The van der Waals surface area contributed by atoms with Crippen LogP contribution < -0.4 is 11.4 Å². The van der Waals surface area contributed by atoms with Gasteiger partial charge in [0.1, 0.15) is 17.7 Å². The van der Waals surface area contributed by atoms with Gasteiger partial charge in [-0.05, 0) is 56.2 Å². The molecule has 1 unspecified atom stereocenters. The summed E-state index contributed by atoms with van der Waals surface area (Å²) < 4.78 is 36.0. The van der Waals surface area contributed by atoms with Gasteiger partial charge in [0.15, 0.2) is 0 Å². The molecule has 174 valence electrons. The largest absolute Gasteiger partial charge is 0.454 e. The van der Waals surface area contributed by atoms with Crippen molar-refractivity contribution in [3.8, 4) is 5.69 Å². The predicted molar refractivity (Wildman–Crippen MR) is 123 cm³/mol. The Labute approximate surface area is 197 Å². The van der Waals surface area contributed by atoms with Gasteiger partial charge in [0.2, 0.25) is 0 Å². The van der Waals surface area contributed by atoms with Crippen molar-refractivity contribution in [1.29, 1.82) is 0 Å². The van der Waals surface area contributed by atoms with Crippen LogP contribution in [0.25, 0.3) is 5.69 Å². The molecular weight excluding hydrogens is 498 g/mol. The Balaban J connectivity index is 1.71. The molecule has 2 aromatic carbocycles. The lowest BCUT2D eigenvalue weighted by atomic mass is 9.93. The van der Waals surface area contributed by atoms with Crippen LogP contribution in [0.1, 0.15) is 30.6 Å². The average molecular weight is 521 g/mol. The molecular formula is C23H23BrF2N4O3. The first kappa shape index (κ1) is 24.5. The number of rotatable bonds is 8. The molecule has 1 heterocycles. The zero-order valence-corrected chi connectivity index (χ0v) is 19.6. The first-order chi connectivity index (χ1) is 15.6. The first-order valence-corrected chi connectivity index (χ1v) is 10.8. The van der Waals surface area contributed by atoms with Crippen LogP contribution in [0.4, 0.5) is 8.78 Å². The SMILES string of the molecule is CC(C)(OC(=O)c1ccccc1)C(N)C/C(=C\F)Cn1ncn(-c2ccc(Br)cc2F)c1=O. The molecule has 0 bridgehead atoms. The third-order valence-electron chi connectivity index (χ3n) is 5.15. The van der Waals surface area contributed by atoms with Crippen molar-refractivity contribution in [2.75, 3.05) is 0 Å². The van der Waals surface area contributed by atoms with Crippen molar-refractivity contribution in [3.05, 3.63) is 93.1 Å². The van der Waals surface area contributed by atoms with E-state index in [1.165, 1.54) is 12.1 Å². The predicted octanol–water partition coefficient (Wildman–Crippen LogP) is 4.14. The summed E-state index contributed by atoms with van der Waals surface area (Å²) in [7, 11) is 0. The second kappa shape index (κ2) is 10.2. The highest BCUT2D eigenvalue weighted by molar-refractivity contribution is 9.10. The van der Waals surface area contributed by atoms with E-state index in [9.17, 15) is 18.4 Å². The molecule has 0 saturated carbocycles. The van der Waals surface area contributed by atoms with E-state index < -0.39 is 29.1 Å². The Morgan fingerprint density at radius 2 is 1.97 bits per heavy atom. The van der Waals surface area contributed by atoms with Gasteiger partial charge in [-0.25, -0.2) is 27.6 Å². The quantitative estimate of drug-likeness (QED) is 0.450. The molecule has 0 fully saturated rings. The molecule has 0 amide bonds. The highest BCUT2D eigenvalue weighted by Crippen LogP contribution is 2.22. The van der Waals surface area contributed by atoms with Crippen LogP contribution in [0.15, 0.2) is 76.0 Å². The maximum absolute atomic E-state index is 14.2. The summed E-state index contributed by atoms with van der Waals surface area (Å²) >= 11 is 3.16. The Morgan fingerprint density at radius 3 is 2.61 bits per heavy atom. The topological polar surface area (TPSA) is 92.1 Å². The zero-order chi connectivity index (χ0) is 24.2. The van der Waals surface area contributed by atoms with E-state index in [1.807, 2.05) is 0 Å². The maximum atomic E-state index is 14.2. The minimum atomic E-state index is -1.12. The molecule has 1 aromatic heterocycles. The van der Waals surface area contributed by atoms with E-state index in [0.29, 0.717) is 16.4 Å². The van der Waals surface area contributed by atoms with Crippen LogP contribution in [0, 0.1) is 5.82 Å². The van der Waals surface area contributed by atoms with Gasteiger partial charge in [-0.2, -0.15) is 5.10 Å². The van der Waals surface area contributed by atoms with Crippen molar-refractivity contribution < 1.29 is 18.3 Å². The van der Waals surface area contributed by atoms with E-state index in [4.69, 9.17) is 10.5 Å². The molecule has 0 aliphatic heterocycles. The molecule has 33 heavy (non-hydrogen) atoms. The molecule has 3 aromatic rings. The summed E-state index contributed by atoms with van der Waals surface area (Å²) in [6.07, 6.45) is 1.51.